The SMILES string of the molecule is C=N/C=N\c1sc(CC)cc1CNCc1c(C)cc(N)nc1C. The number of anilines is 1. The fraction of sp³-hybridized carbons (Fsp3) is 0.353. The Bertz CT molecular complexity index is 695. The number of aliphatic imine (C=N–C) groups is 2. The van der Waals surface area contributed by atoms with Crippen LogP contribution in [0.3, 0.4) is 0 Å². The molecule has 0 bridgehead atoms. The molecule has 0 aliphatic carbocycles. The number of hydrogen-bond donors (Lipinski definition) is 2. The van der Waals surface area contributed by atoms with Crippen molar-refractivity contribution in [2.75, 3.05) is 5.73 Å². The maximum Gasteiger partial charge on any atom is 0.123 e. The van der Waals surface area contributed by atoms with Crippen LogP contribution in [0.4, 0.5) is 10.8 Å². The van der Waals surface area contributed by atoms with E-state index in [0.29, 0.717) is 5.82 Å². The van der Waals surface area contributed by atoms with Crippen LogP contribution < -0.4 is 11.1 Å². The monoisotopic (exact) mass is 329 g/mol. The number of aromatic nitrogens is 1. The van der Waals surface area contributed by atoms with E-state index in [9.17, 15) is 0 Å². The Morgan fingerprint density at radius 3 is 2.78 bits per heavy atom. The lowest BCUT2D eigenvalue weighted by Gasteiger charge is -2.11. The van der Waals surface area contributed by atoms with Gasteiger partial charge in [0, 0.05) is 29.2 Å². The Labute approximate surface area is 141 Å². The van der Waals surface area contributed by atoms with Gasteiger partial charge >= 0.3 is 0 Å². The molecule has 2 heterocycles. The number of thiophene rings is 1. The first-order valence-electron chi connectivity index (χ1n) is 7.58. The van der Waals surface area contributed by atoms with Crippen LogP contribution in [0.2, 0.25) is 0 Å². The topological polar surface area (TPSA) is 75.7 Å². The first-order valence-corrected chi connectivity index (χ1v) is 8.40. The molecule has 0 atom stereocenters. The Morgan fingerprint density at radius 2 is 2.13 bits per heavy atom. The van der Waals surface area contributed by atoms with Crippen LogP contribution in [0.25, 0.3) is 0 Å². The van der Waals surface area contributed by atoms with Gasteiger partial charge in [-0.05, 0) is 50.2 Å². The van der Waals surface area contributed by atoms with Crippen LogP contribution >= 0.6 is 11.3 Å². The Hall–Kier alpha value is -2.05. The zero-order valence-corrected chi connectivity index (χ0v) is 14.7. The van der Waals surface area contributed by atoms with Crippen molar-refractivity contribution in [1.82, 2.24) is 10.3 Å². The summed E-state index contributed by atoms with van der Waals surface area (Å²) >= 11 is 1.70. The minimum Gasteiger partial charge on any atom is -0.384 e. The summed E-state index contributed by atoms with van der Waals surface area (Å²) in [5.41, 5.74) is 10.3. The summed E-state index contributed by atoms with van der Waals surface area (Å²) in [6.07, 6.45) is 2.50. The van der Waals surface area contributed by atoms with Gasteiger partial charge in [-0.3, -0.25) is 4.99 Å². The second-order valence-corrected chi connectivity index (χ2v) is 6.47. The van der Waals surface area contributed by atoms with E-state index in [4.69, 9.17) is 5.73 Å². The molecule has 5 nitrogen and oxygen atoms in total. The van der Waals surface area contributed by atoms with Gasteiger partial charge in [-0.15, -0.1) is 11.3 Å². The highest BCUT2D eigenvalue weighted by Crippen LogP contribution is 2.31. The van der Waals surface area contributed by atoms with Crippen LogP contribution in [-0.4, -0.2) is 18.0 Å². The molecule has 0 saturated carbocycles. The Balaban J connectivity index is 2.08. The Morgan fingerprint density at radius 1 is 1.35 bits per heavy atom. The quantitative estimate of drug-likeness (QED) is 0.602. The van der Waals surface area contributed by atoms with Gasteiger partial charge in [0.2, 0.25) is 0 Å². The minimum atomic E-state index is 0.572. The predicted molar refractivity (Wildman–Crippen MR) is 100 cm³/mol. The molecule has 0 aliphatic rings. The van der Waals surface area contributed by atoms with E-state index in [-0.39, 0.29) is 0 Å². The molecule has 0 spiro atoms. The van der Waals surface area contributed by atoms with Gasteiger partial charge in [-0.1, -0.05) is 6.92 Å². The van der Waals surface area contributed by atoms with Crippen molar-refractivity contribution in [3.05, 3.63) is 39.4 Å². The number of nitrogens with zero attached hydrogens (tertiary/aromatic N) is 3. The third kappa shape index (κ3) is 4.46. The molecule has 0 radical (unpaired) electrons. The summed E-state index contributed by atoms with van der Waals surface area (Å²) in [5, 5.41) is 4.47. The molecule has 0 saturated heterocycles. The summed E-state index contributed by atoms with van der Waals surface area (Å²) in [5.74, 6) is 0.572. The van der Waals surface area contributed by atoms with Crippen LogP contribution in [0, 0.1) is 13.8 Å². The van der Waals surface area contributed by atoms with Crippen molar-refractivity contribution in [3.63, 3.8) is 0 Å². The second-order valence-electron chi connectivity index (χ2n) is 5.36. The highest BCUT2D eigenvalue weighted by atomic mass is 32.1. The van der Waals surface area contributed by atoms with E-state index in [1.165, 1.54) is 22.3 Å². The van der Waals surface area contributed by atoms with E-state index in [0.717, 1.165) is 35.8 Å². The maximum absolute atomic E-state index is 5.77. The van der Waals surface area contributed by atoms with Gasteiger partial charge in [-0.2, -0.15) is 0 Å². The highest BCUT2D eigenvalue weighted by molar-refractivity contribution is 7.16. The van der Waals surface area contributed by atoms with Gasteiger partial charge in [0.05, 0.1) is 0 Å². The number of nitrogens with one attached hydrogen (secondary N) is 1. The van der Waals surface area contributed by atoms with Crippen LogP contribution in [-0.2, 0) is 19.5 Å². The van der Waals surface area contributed by atoms with E-state index in [1.54, 1.807) is 11.3 Å². The normalized spacial score (nSPS) is 11.3. The van der Waals surface area contributed by atoms with Gasteiger partial charge in [-0.25, -0.2) is 9.98 Å². The summed E-state index contributed by atoms with van der Waals surface area (Å²) < 4.78 is 0. The van der Waals surface area contributed by atoms with E-state index >= 15 is 0 Å². The number of pyridine rings is 1. The molecule has 3 N–H and O–H groups in total. The van der Waals surface area contributed by atoms with Gasteiger partial charge in [0.1, 0.15) is 17.2 Å². The number of nitrogen functional groups attached to an aromatic ring is 1. The van der Waals surface area contributed by atoms with Crippen LogP contribution in [0.1, 0.15) is 34.2 Å². The molecule has 0 fully saturated rings. The molecule has 23 heavy (non-hydrogen) atoms. The lowest BCUT2D eigenvalue weighted by atomic mass is 10.1. The Kier molecular flexibility index (Phi) is 6.01. The molecule has 122 valence electrons. The molecule has 0 amide bonds. The molecule has 2 aromatic heterocycles. The first-order chi connectivity index (χ1) is 11.0. The van der Waals surface area contributed by atoms with E-state index < -0.39 is 0 Å². The largest absolute Gasteiger partial charge is 0.384 e. The average Bonchev–Trinajstić information content (AvgIpc) is 2.90. The zero-order valence-electron chi connectivity index (χ0n) is 13.9. The zero-order chi connectivity index (χ0) is 16.8. The summed E-state index contributed by atoms with van der Waals surface area (Å²) in [4.78, 5) is 13.7. The third-order valence-electron chi connectivity index (χ3n) is 3.63. The lowest BCUT2D eigenvalue weighted by molar-refractivity contribution is 0.686. The van der Waals surface area contributed by atoms with Crippen LogP contribution in [0.5, 0.6) is 0 Å². The van der Waals surface area contributed by atoms with Crippen molar-refractivity contribution in [2.45, 2.75) is 40.3 Å². The molecule has 0 aromatic carbocycles. The van der Waals surface area contributed by atoms with Crippen molar-refractivity contribution in [3.8, 4) is 0 Å². The molecule has 2 aromatic rings. The minimum absolute atomic E-state index is 0.572. The van der Waals surface area contributed by atoms with Crippen molar-refractivity contribution >= 4 is 35.2 Å². The smallest absolute Gasteiger partial charge is 0.123 e. The number of hydrogen-bond acceptors (Lipinski definition) is 5. The van der Waals surface area contributed by atoms with Crippen molar-refractivity contribution in [2.24, 2.45) is 9.98 Å². The molecule has 0 aliphatic heterocycles. The van der Waals surface area contributed by atoms with Crippen LogP contribution in [0.15, 0.2) is 22.1 Å². The molecule has 2 rings (SSSR count). The highest BCUT2D eigenvalue weighted by Gasteiger charge is 2.09. The number of aryl methyl sites for hydroxylation is 3. The van der Waals surface area contributed by atoms with Crippen molar-refractivity contribution < 1.29 is 0 Å². The average molecular weight is 329 g/mol. The standard InChI is InChI=1S/C17H23N5S/c1-5-14-7-13(17(23-14)21-10-19-4)8-20-9-15-11(2)6-16(18)22-12(15)3/h6-7,10,20H,4-5,8-9H2,1-3H3,(H2,18,22)/b21-10-. The predicted octanol–water partition coefficient (Wildman–Crippen LogP) is 3.55. The fourth-order valence-electron chi connectivity index (χ4n) is 2.46. The molecular weight excluding hydrogens is 306 g/mol. The second kappa shape index (κ2) is 7.99. The van der Waals surface area contributed by atoms with Crippen molar-refractivity contribution in [1.29, 1.82) is 0 Å². The fourth-order valence-corrected chi connectivity index (χ4v) is 3.41. The maximum atomic E-state index is 5.77. The first kappa shape index (κ1) is 17.3. The van der Waals surface area contributed by atoms with E-state index in [1.807, 2.05) is 13.0 Å². The molecule has 0 unspecified atom stereocenters. The molecular formula is C17H23N5S. The van der Waals surface area contributed by atoms with Gasteiger partial charge in [0.15, 0.2) is 0 Å². The van der Waals surface area contributed by atoms with E-state index in [2.05, 4.69) is 46.9 Å². The summed E-state index contributed by atoms with van der Waals surface area (Å²) in [6.45, 7) is 11.1. The summed E-state index contributed by atoms with van der Waals surface area (Å²) in [7, 11) is 0. The lowest BCUT2D eigenvalue weighted by Crippen LogP contribution is -2.15. The number of nitrogens with two attached hydrogens (primary N) is 1. The van der Waals surface area contributed by atoms with Gasteiger partial charge in [0.25, 0.3) is 0 Å². The van der Waals surface area contributed by atoms with Gasteiger partial charge < -0.3 is 11.1 Å². The summed E-state index contributed by atoms with van der Waals surface area (Å²) in [6, 6.07) is 4.11. The number of rotatable bonds is 7. The molecule has 6 heteroatoms. The third-order valence-corrected chi connectivity index (χ3v) is 4.86.